The van der Waals surface area contributed by atoms with Crippen molar-refractivity contribution >= 4 is 17.3 Å². The number of carbonyl (C=O) groups is 1. The maximum atomic E-state index is 11.2. The van der Waals surface area contributed by atoms with Crippen LogP contribution in [0, 0.1) is 5.92 Å². The second-order valence-electron chi connectivity index (χ2n) is 3.54. The van der Waals surface area contributed by atoms with Gasteiger partial charge in [0, 0.05) is 19.6 Å². The Morgan fingerprint density at radius 3 is 3.33 bits per heavy atom. The van der Waals surface area contributed by atoms with E-state index in [1.54, 1.807) is 6.20 Å². The van der Waals surface area contributed by atoms with Crippen molar-refractivity contribution in [3.8, 4) is 0 Å². The van der Waals surface area contributed by atoms with Crippen LogP contribution in [0.4, 0.5) is 0 Å². The fraction of sp³-hybridized carbons (Fsp3) is 0.600. The molecule has 15 heavy (non-hydrogen) atoms. The second-order valence-corrected chi connectivity index (χ2v) is 4.66. The Morgan fingerprint density at radius 1 is 1.80 bits per heavy atom. The maximum Gasteiger partial charge on any atom is 0.349 e. The van der Waals surface area contributed by atoms with Gasteiger partial charge in [0.1, 0.15) is 4.88 Å². The molecule has 0 aliphatic carbocycles. The molecular formula is C10H13NO3S. The van der Waals surface area contributed by atoms with Gasteiger partial charge in [-0.2, -0.15) is 0 Å². The molecule has 0 amide bonds. The molecule has 2 heterocycles. The highest BCUT2D eigenvalue weighted by atomic mass is 32.1. The minimum atomic E-state index is -0.304. The molecule has 0 N–H and O–H groups in total. The quantitative estimate of drug-likeness (QED) is 0.734. The first kappa shape index (κ1) is 10.6. The van der Waals surface area contributed by atoms with Crippen LogP contribution in [0.2, 0.25) is 0 Å². The fourth-order valence-corrected chi connectivity index (χ4v) is 2.54. The lowest BCUT2D eigenvalue weighted by atomic mass is 10.1. The smallest absolute Gasteiger partial charge is 0.349 e. The summed E-state index contributed by atoms with van der Waals surface area (Å²) in [5.74, 6) is 0.253. The van der Waals surface area contributed by atoms with E-state index in [1.807, 2.05) is 0 Å². The summed E-state index contributed by atoms with van der Waals surface area (Å²) < 4.78 is 9.92. The predicted molar refractivity (Wildman–Crippen MR) is 56.1 cm³/mol. The van der Waals surface area contributed by atoms with Crippen molar-refractivity contribution in [3.63, 3.8) is 0 Å². The number of nitrogens with zero attached hydrogens (tertiary/aromatic N) is 1. The first-order valence-electron chi connectivity index (χ1n) is 4.90. The Bertz CT molecular complexity index is 344. The van der Waals surface area contributed by atoms with Crippen LogP contribution in [0.25, 0.3) is 0 Å². The molecule has 1 fully saturated rings. The normalized spacial score (nSPS) is 20.5. The minimum absolute atomic E-state index is 0.304. The number of carbonyl (C=O) groups excluding carboxylic acids is 1. The molecule has 0 spiro atoms. The molecule has 82 valence electrons. The Kier molecular flexibility index (Phi) is 3.33. The molecule has 1 aliphatic rings. The summed E-state index contributed by atoms with van der Waals surface area (Å²) in [7, 11) is 1.38. The summed E-state index contributed by atoms with van der Waals surface area (Å²) >= 11 is 1.41. The molecule has 1 unspecified atom stereocenters. The average Bonchev–Trinajstić information content (AvgIpc) is 2.88. The molecule has 4 nitrogen and oxygen atoms in total. The van der Waals surface area contributed by atoms with Gasteiger partial charge in [0.25, 0.3) is 0 Å². The lowest BCUT2D eigenvalue weighted by Gasteiger charge is -2.02. The van der Waals surface area contributed by atoms with Crippen molar-refractivity contribution < 1.29 is 14.3 Å². The summed E-state index contributed by atoms with van der Waals surface area (Å²) in [5, 5.41) is 0.992. The van der Waals surface area contributed by atoms with Crippen LogP contribution >= 0.6 is 11.3 Å². The maximum absolute atomic E-state index is 11.2. The van der Waals surface area contributed by atoms with Crippen LogP contribution in [-0.2, 0) is 15.9 Å². The van der Waals surface area contributed by atoms with Crippen LogP contribution in [0.3, 0.4) is 0 Å². The average molecular weight is 227 g/mol. The lowest BCUT2D eigenvalue weighted by molar-refractivity contribution is 0.0606. The predicted octanol–water partition coefficient (Wildman–Crippen LogP) is 1.51. The zero-order valence-electron chi connectivity index (χ0n) is 8.56. The van der Waals surface area contributed by atoms with Crippen molar-refractivity contribution in [1.29, 1.82) is 0 Å². The molecule has 0 bridgehead atoms. The minimum Gasteiger partial charge on any atom is -0.465 e. The molecule has 0 radical (unpaired) electrons. The SMILES string of the molecule is COC(=O)c1cnc(CC2CCOC2)s1. The van der Waals surface area contributed by atoms with Crippen molar-refractivity contribution in [2.45, 2.75) is 12.8 Å². The van der Waals surface area contributed by atoms with Crippen LogP contribution < -0.4 is 0 Å². The molecule has 1 aromatic heterocycles. The van der Waals surface area contributed by atoms with Crippen LogP contribution in [-0.4, -0.2) is 31.3 Å². The standard InChI is InChI=1S/C10H13NO3S/c1-13-10(12)8-5-11-9(15-8)4-7-2-3-14-6-7/h5,7H,2-4,6H2,1H3. The molecule has 0 aromatic carbocycles. The van der Waals surface area contributed by atoms with Crippen LogP contribution in [0.1, 0.15) is 21.1 Å². The van der Waals surface area contributed by atoms with Gasteiger partial charge in [-0.05, 0) is 12.3 Å². The largest absolute Gasteiger partial charge is 0.465 e. The van der Waals surface area contributed by atoms with Crippen molar-refractivity contribution in [2.24, 2.45) is 5.92 Å². The lowest BCUT2D eigenvalue weighted by Crippen LogP contribution is -2.02. The number of thiazole rings is 1. The van der Waals surface area contributed by atoms with Crippen molar-refractivity contribution in [2.75, 3.05) is 20.3 Å². The van der Waals surface area contributed by atoms with E-state index < -0.39 is 0 Å². The van der Waals surface area contributed by atoms with Gasteiger partial charge in [-0.3, -0.25) is 0 Å². The van der Waals surface area contributed by atoms with Gasteiger partial charge < -0.3 is 9.47 Å². The number of ether oxygens (including phenoxy) is 2. The Hall–Kier alpha value is -0.940. The summed E-state index contributed by atoms with van der Waals surface area (Å²) in [5.41, 5.74) is 0. The van der Waals surface area contributed by atoms with E-state index in [1.165, 1.54) is 18.4 Å². The number of hydrogen-bond donors (Lipinski definition) is 0. The van der Waals surface area contributed by atoms with Crippen LogP contribution in [0.15, 0.2) is 6.20 Å². The number of hydrogen-bond acceptors (Lipinski definition) is 5. The van der Waals surface area contributed by atoms with Gasteiger partial charge in [0.15, 0.2) is 0 Å². The van der Waals surface area contributed by atoms with Gasteiger partial charge in [-0.15, -0.1) is 11.3 Å². The highest BCUT2D eigenvalue weighted by molar-refractivity contribution is 7.13. The van der Waals surface area contributed by atoms with Gasteiger partial charge in [-0.1, -0.05) is 0 Å². The summed E-state index contributed by atoms with van der Waals surface area (Å²) in [4.78, 5) is 16.0. The van der Waals surface area contributed by atoms with E-state index in [2.05, 4.69) is 9.72 Å². The fourth-order valence-electron chi connectivity index (χ4n) is 1.59. The number of rotatable bonds is 3. The summed E-state index contributed by atoms with van der Waals surface area (Å²) in [6.07, 6.45) is 3.58. The van der Waals surface area contributed by atoms with E-state index in [0.717, 1.165) is 31.1 Å². The number of aromatic nitrogens is 1. The molecule has 1 saturated heterocycles. The number of esters is 1. The highest BCUT2D eigenvalue weighted by Gasteiger charge is 2.18. The third-order valence-electron chi connectivity index (χ3n) is 2.43. The van der Waals surface area contributed by atoms with Gasteiger partial charge >= 0.3 is 5.97 Å². The van der Waals surface area contributed by atoms with E-state index in [4.69, 9.17) is 4.74 Å². The molecular weight excluding hydrogens is 214 g/mol. The monoisotopic (exact) mass is 227 g/mol. The van der Waals surface area contributed by atoms with Gasteiger partial charge in [-0.25, -0.2) is 9.78 Å². The zero-order valence-corrected chi connectivity index (χ0v) is 9.38. The Labute approximate surface area is 92.2 Å². The molecule has 1 aliphatic heterocycles. The van der Waals surface area contributed by atoms with Gasteiger partial charge in [0.05, 0.1) is 18.3 Å². The first-order chi connectivity index (χ1) is 7.29. The van der Waals surface area contributed by atoms with Crippen LogP contribution in [0.5, 0.6) is 0 Å². The van der Waals surface area contributed by atoms with E-state index >= 15 is 0 Å². The van der Waals surface area contributed by atoms with Gasteiger partial charge in [0.2, 0.25) is 0 Å². The van der Waals surface area contributed by atoms with E-state index in [0.29, 0.717) is 10.8 Å². The first-order valence-corrected chi connectivity index (χ1v) is 5.72. The summed E-state index contributed by atoms with van der Waals surface area (Å²) in [6, 6.07) is 0. The Balaban J connectivity index is 1.97. The Morgan fingerprint density at radius 2 is 2.67 bits per heavy atom. The zero-order chi connectivity index (χ0) is 10.7. The third kappa shape index (κ3) is 2.54. The van der Waals surface area contributed by atoms with E-state index in [-0.39, 0.29) is 5.97 Å². The summed E-state index contributed by atoms with van der Waals surface area (Å²) in [6.45, 7) is 1.66. The topological polar surface area (TPSA) is 48.4 Å². The van der Waals surface area contributed by atoms with Crippen molar-refractivity contribution in [3.05, 3.63) is 16.1 Å². The van der Waals surface area contributed by atoms with E-state index in [9.17, 15) is 4.79 Å². The molecule has 5 heteroatoms. The molecule has 2 rings (SSSR count). The molecule has 1 aromatic rings. The highest BCUT2D eigenvalue weighted by Crippen LogP contribution is 2.22. The second kappa shape index (κ2) is 4.72. The third-order valence-corrected chi connectivity index (χ3v) is 3.43. The molecule has 1 atom stereocenters. The van der Waals surface area contributed by atoms with Crippen molar-refractivity contribution in [1.82, 2.24) is 4.98 Å². The number of methoxy groups -OCH3 is 1. The molecule has 0 saturated carbocycles.